The quantitative estimate of drug-likeness (QED) is 0.678. The first-order chi connectivity index (χ1) is 8.70. The van der Waals surface area contributed by atoms with Gasteiger partial charge in [0.05, 0.1) is 16.0 Å². The second-order valence-corrected chi connectivity index (χ2v) is 4.48. The molecule has 0 fully saturated rings. The fraction of sp³-hybridized carbons (Fsp3) is 0.111. The van der Waals surface area contributed by atoms with Gasteiger partial charge in [0.2, 0.25) is 0 Å². The molecule has 1 amide bonds. The Labute approximate surface area is 106 Å². The highest BCUT2D eigenvalue weighted by Crippen LogP contribution is 2.38. The molecule has 0 atom stereocenters. The maximum absolute atomic E-state index is 12.6. The minimum Gasteiger partial charge on any atom is -0.364 e. The minimum atomic E-state index is -4.74. The van der Waals surface area contributed by atoms with Gasteiger partial charge in [-0.3, -0.25) is 14.9 Å². The number of fused-ring (bicyclic) bond motifs is 1. The number of non-ortho nitro benzene ring substituents is 1. The third-order valence-corrected chi connectivity index (χ3v) is 3.31. The van der Waals surface area contributed by atoms with Gasteiger partial charge in [-0.1, -0.05) is 0 Å². The maximum Gasteiger partial charge on any atom is 0.416 e. The van der Waals surface area contributed by atoms with Crippen molar-refractivity contribution in [3.05, 3.63) is 32.8 Å². The summed E-state index contributed by atoms with van der Waals surface area (Å²) in [5.41, 5.74) is 2.71. The summed E-state index contributed by atoms with van der Waals surface area (Å²) in [5, 5.41) is 10.5. The lowest BCUT2D eigenvalue weighted by atomic mass is 10.2. The molecule has 2 rings (SSSR count). The normalized spacial score (nSPS) is 11.7. The number of hydrogen-bond donors (Lipinski definition) is 1. The average Bonchev–Trinajstić information content (AvgIpc) is 2.69. The molecule has 0 spiro atoms. The SMILES string of the molecule is NC(=O)c1nc2cc(C(F)(F)F)cc([N+](=O)[O-])c2s1. The lowest BCUT2D eigenvalue weighted by Crippen LogP contribution is -2.09. The first-order valence-corrected chi connectivity index (χ1v) is 5.48. The van der Waals surface area contributed by atoms with Crippen LogP contribution in [0.2, 0.25) is 0 Å². The van der Waals surface area contributed by atoms with Gasteiger partial charge in [0, 0.05) is 6.07 Å². The van der Waals surface area contributed by atoms with Crippen LogP contribution in [0.5, 0.6) is 0 Å². The molecule has 100 valence electrons. The molecule has 0 unspecified atom stereocenters. The molecule has 0 bridgehead atoms. The Morgan fingerprint density at radius 1 is 1.42 bits per heavy atom. The van der Waals surface area contributed by atoms with E-state index in [9.17, 15) is 28.1 Å². The predicted octanol–water partition coefficient (Wildman–Crippen LogP) is 2.32. The van der Waals surface area contributed by atoms with Crippen LogP contribution < -0.4 is 5.73 Å². The number of amides is 1. The van der Waals surface area contributed by atoms with Crippen LogP contribution in [0.15, 0.2) is 12.1 Å². The molecule has 19 heavy (non-hydrogen) atoms. The number of nitro benzene ring substituents is 1. The van der Waals surface area contributed by atoms with E-state index < -0.39 is 28.3 Å². The fourth-order valence-corrected chi connectivity index (χ4v) is 2.30. The van der Waals surface area contributed by atoms with Gasteiger partial charge in [-0.15, -0.1) is 11.3 Å². The van der Waals surface area contributed by atoms with E-state index in [0.29, 0.717) is 23.5 Å². The topological polar surface area (TPSA) is 99.1 Å². The van der Waals surface area contributed by atoms with Gasteiger partial charge in [0.15, 0.2) is 5.01 Å². The Kier molecular flexibility index (Phi) is 2.89. The van der Waals surface area contributed by atoms with E-state index in [2.05, 4.69) is 4.98 Å². The molecule has 0 aliphatic heterocycles. The molecule has 10 heteroatoms. The van der Waals surface area contributed by atoms with E-state index in [4.69, 9.17) is 5.73 Å². The molecule has 1 aromatic heterocycles. The Balaban J connectivity index is 2.80. The van der Waals surface area contributed by atoms with E-state index >= 15 is 0 Å². The third-order valence-electron chi connectivity index (χ3n) is 2.21. The molecule has 0 aliphatic rings. The van der Waals surface area contributed by atoms with Crippen molar-refractivity contribution in [2.24, 2.45) is 5.73 Å². The van der Waals surface area contributed by atoms with E-state index in [1.54, 1.807) is 0 Å². The van der Waals surface area contributed by atoms with Crippen molar-refractivity contribution in [3.8, 4) is 0 Å². The standard InChI is InChI=1S/C9H4F3N3O3S/c10-9(11,12)3-1-4-6(5(2-3)15(17)18)19-8(14-4)7(13)16/h1-2H,(H2,13,16). The highest BCUT2D eigenvalue weighted by molar-refractivity contribution is 7.20. The summed E-state index contributed by atoms with van der Waals surface area (Å²) in [4.78, 5) is 24.3. The number of carbonyl (C=O) groups excluding carboxylic acids is 1. The first-order valence-electron chi connectivity index (χ1n) is 4.66. The predicted molar refractivity (Wildman–Crippen MR) is 59.8 cm³/mol. The van der Waals surface area contributed by atoms with Crippen LogP contribution in [-0.4, -0.2) is 15.8 Å². The van der Waals surface area contributed by atoms with E-state index in [1.807, 2.05) is 0 Å². The average molecular weight is 291 g/mol. The number of halogens is 3. The van der Waals surface area contributed by atoms with Gasteiger partial charge in [-0.05, 0) is 6.07 Å². The van der Waals surface area contributed by atoms with Crippen molar-refractivity contribution in [2.75, 3.05) is 0 Å². The monoisotopic (exact) mass is 291 g/mol. The zero-order valence-electron chi connectivity index (χ0n) is 8.89. The number of thiazole rings is 1. The Morgan fingerprint density at radius 3 is 2.53 bits per heavy atom. The molecule has 0 radical (unpaired) electrons. The van der Waals surface area contributed by atoms with Gasteiger partial charge >= 0.3 is 6.18 Å². The molecular weight excluding hydrogens is 287 g/mol. The minimum absolute atomic E-state index is 0.119. The van der Waals surface area contributed by atoms with Crippen molar-refractivity contribution in [1.29, 1.82) is 0 Å². The van der Waals surface area contributed by atoms with Crippen molar-refractivity contribution >= 4 is 33.1 Å². The summed E-state index contributed by atoms with van der Waals surface area (Å²) in [6, 6.07) is 1.05. The number of carbonyl (C=O) groups is 1. The molecule has 1 aromatic carbocycles. The number of alkyl halides is 3. The zero-order chi connectivity index (χ0) is 14.4. The van der Waals surface area contributed by atoms with Crippen LogP contribution in [0.25, 0.3) is 10.2 Å². The zero-order valence-corrected chi connectivity index (χ0v) is 9.71. The van der Waals surface area contributed by atoms with Crippen molar-refractivity contribution in [2.45, 2.75) is 6.18 Å². The number of aromatic nitrogens is 1. The molecule has 1 heterocycles. The Bertz CT molecular complexity index is 695. The van der Waals surface area contributed by atoms with Crippen LogP contribution >= 0.6 is 11.3 Å². The largest absolute Gasteiger partial charge is 0.416 e. The van der Waals surface area contributed by atoms with Crippen molar-refractivity contribution in [1.82, 2.24) is 4.98 Å². The van der Waals surface area contributed by atoms with E-state index in [-0.39, 0.29) is 15.2 Å². The lowest BCUT2D eigenvalue weighted by molar-refractivity contribution is -0.383. The van der Waals surface area contributed by atoms with Gasteiger partial charge in [0.1, 0.15) is 4.70 Å². The van der Waals surface area contributed by atoms with Crippen LogP contribution in [0, 0.1) is 10.1 Å². The van der Waals surface area contributed by atoms with Crippen LogP contribution in [0.4, 0.5) is 18.9 Å². The van der Waals surface area contributed by atoms with Crippen molar-refractivity contribution < 1.29 is 22.9 Å². The number of nitrogens with two attached hydrogens (primary N) is 1. The highest BCUT2D eigenvalue weighted by Gasteiger charge is 2.34. The number of nitrogens with zero attached hydrogens (tertiary/aromatic N) is 2. The first kappa shape index (κ1) is 13.2. The van der Waals surface area contributed by atoms with Gasteiger partial charge in [0.25, 0.3) is 11.6 Å². The Hall–Kier alpha value is -2.23. The Morgan fingerprint density at radius 2 is 2.05 bits per heavy atom. The molecule has 2 N–H and O–H groups in total. The van der Waals surface area contributed by atoms with Crippen LogP contribution in [0.3, 0.4) is 0 Å². The van der Waals surface area contributed by atoms with E-state index in [1.165, 1.54) is 0 Å². The number of benzene rings is 1. The van der Waals surface area contributed by atoms with Gasteiger partial charge in [-0.25, -0.2) is 4.98 Å². The molecule has 0 saturated heterocycles. The second-order valence-electron chi connectivity index (χ2n) is 3.48. The molecule has 6 nitrogen and oxygen atoms in total. The summed E-state index contributed by atoms with van der Waals surface area (Å²) in [6.45, 7) is 0. The molecule has 0 aliphatic carbocycles. The summed E-state index contributed by atoms with van der Waals surface area (Å²) in [7, 11) is 0. The summed E-state index contributed by atoms with van der Waals surface area (Å²) >= 11 is 0.585. The number of nitro groups is 1. The second kappa shape index (κ2) is 4.16. The van der Waals surface area contributed by atoms with Crippen LogP contribution in [0.1, 0.15) is 15.4 Å². The summed E-state index contributed by atoms with van der Waals surface area (Å²) in [5.74, 6) is -0.955. The number of hydrogen-bond acceptors (Lipinski definition) is 5. The van der Waals surface area contributed by atoms with Gasteiger partial charge < -0.3 is 5.73 Å². The third kappa shape index (κ3) is 2.34. The van der Waals surface area contributed by atoms with Crippen molar-refractivity contribution in [3.63, 3.8) is 0 Å². The smallest absolute Gasteiger partial charge is 0.364 e. The number of rotatable bonds is 2. The molecule has 0 saturated carbocycles. The molecular formula is C9H4F3N3O3S. The highest BCUT2D eigenvalue weighted by atomic mass is 32.1. The van der Waals surface area contributed by atoms with E-state index in [0.717, 1.165) is 0 Å². The fourth-order valence-electron chi connectivity index (χ4n) is 1.42. The summed E-state index contributed by atoms with van der Waals surface area (Å²) in [6.07, 6.45) is -4.74. The van der Waals surface area contributed by atoms with Gasteiger partial charge in [-0.2, -0.15) is 13.2 Å². The lowest BCUT2D eigenvalue weighted by Gasteiger charge is -2.05. The van der Waals surface area contributed by atoms with Crippen LogP contribution in [-0.2, 0) is 6.18 Å². The molecule has 2 aromatic rings. The summed E-state index contributed by atoms with van der Waals surface area (Å²) < 4.78 is 37.6. The number of primary amides is 1. The maximum atomic E-state index is 12.6.